The van der Waals surface area contributed by atoms with Crippen molar-refractivity contribution in [1.82, 2.24) is 0 Å². The number of carbonyl (C=O) groups excluding carboxylic acids is 1. The van der Waals surface area contributed by atoms with Crippen molar-refractivity contribution < 1.29 is 9.53 Å². The Kier molecular flexibility index (Phi) is 3.75. The summed E-state index contributed by atoms with van der Waals surface area (Å²) < 4.78 is 5.56. The molecule has 1 aromatic rings. The first-order chi connectivity index (χ1) is 8.61. The van der Waals surface area contributed by atoms with E-state index < -0.39 is 0 Å². The Labute approximate surface area is 108 Å². The molecule has 0 spiro atoms. The van der Waals surface area contributed by atoms with Gasteiger partial charge in [0, 0.05) is 6.54 Å². The van der Waals surface area contributed by atoms with Crippen LogP contribution >= 0.6 is 0 Å². The van der Waals surface area contributed by atoms with Crippen molar-refractivity contribution in [2.45, 2.75) is 20.8 Å². The maximum atomic E-state index is 11.8. The lowest BCUT2D eigenvalue weighted by Gasteiger charge is -2.33. The van der Waals surface area contributed by atoms with Gasteiger partial charge >= 0.3 is 0 Å². The van der Waals surface area contributed by atoms with Crippen LogP contribution in [0.1, 0.15) is 20.8 Å². The molecule has 0 aliphatic carbocycles. The van der Waals surface area contributed by atoms with Gasteiger partial charge in [-0.1, -0.05) is 19.9 Å². The van der Waals surface area contributed by atoms with E-state index in [0.29, 0.717) is 19.1 Å². The lowest BCUT2D eigenvalue weighted by Crippen LogP contribution is -2.40. The largest absolute Gasteiger partial charge is 0.492 e. The van der Waals surface area contributed by atoms with Crippen molar-refractivity contribution in [2.24, 2.45) is 5.92 Å². The number of nitrogens with zero attached hydrogens (tertiary/aromatic N) is 1. The predicted molar refractivity (Wildman–Crippen MR) is 73.3 cm³/mol. The number of benzene rings is 1. The fourth-order valence-corrected chi connectivity index (χ4v) is 2.23. The van der Waals surface area contributed by atoms with Crippen molar-refractivity contribution in [3.8, 4) is 5.75 Å². The average molecular weight is 248 g/mol. The highest BCUT2D eigenvalue weighted by atomic mass is 16.5. The number of ether oxygens (including phenoxy) is 1. The van der Waals surface area contributed by atoms with Gasteiger partial charge in [-0.25, -0.2) is 0 Å². The number of fused-ring (bicyclic) bond motifs is 1. The zero-order chi connectivity index (χ0) is 13.1. The highest BCUT2D eigenvalue weighted by Crippen LogP contribution is 2.37. The summed E-state index contributed by atoms with van der Waals surface area (Å²) >= 11 is 0. The topological polar surface area (TPSA) is 41.6 Å². The van der Waals surface area contributed by atoms with Crippen LogP contribution in [-0.4, -0.2) is 25.6 Å². The van der Waals surface area contributed by atoms with Gasteiger partial charge in [0.2, 0.25) is 5.91 Å². The van der Waals surface area contributed by atoms with E-state index in [0.717, 1.165) is 23.7 Å². The molecular formula is C14H20N2O2. The summed E-state index contributed by atoms with van der Waals surface area (Å²) in [5, 5.41) is 2.91. The van der Waals surface area contributed by atoms with Gasteiger partial charge in [-0.05, 0) is 25.0 Å². The lowest BCUT2D eigenvalue weighted by atomic mass is 10.1. The Hall–Kier alpha value is -1.71. The Morgan fingerprint density at radius 2 is 2.22 bits per heavy atom. The van der Waals surface area contributed by atoms with E-state index in [1.807, 2.05) is 25.1 Å². The number of nitrogens with one attached hydrogen (secondary N) is 1. The highest BCUT2D eigenvalue weighted by Gasteiger charge is 2.24. The second-order valence-corrected chi connectivity index (χ2v) is 4.91. The SMILES string of the molecule is CCOc1cccc2c1NC(=O)CN2CC(C)C. The van der Waals surface area contributed by atoms with E-state index in [9.17, 15) is 4.79 Å². The molecule has 1 aliphatic rings. The Morgan fingerprint density at radius 3 is 2.89 bits per heavy atom. The summed E-state index contributed by atoms with van der Waals surface area (Å²) in [4.78, 5) is 13.9. The second-order valence-electron chi connectivity index (χ2n) is 4.91. The first-order valence-corrected chi connectivity index (χ1v) is 6.42. The van der Waals surface area contributed by atoms with Gasteiger partial charge in [0.1, 0.15) is 11.4 Å². The van der Waals surface area contributed by atoms with Gasteiger partial charge in [0.15, 0.2) is 0 Å². The standard InChI is InChI=1S/C14H20N2O2/c1-4-18-12-7-5-6-11-14(12)15-13(17)9-16(11)8-10(2)3/h5-7,10H,4,8-9H2,1-3H3,(H,15,17). The molecule has 1 N–H and O–H groups in total. The molecule has 1 heterocycles. The molecule has 0 saturated carbocycles. The summed E-state index contributed by atoms with van der Waals surface area (Å²) in [5.74, 6) is 1.28. The third-order valence-electron chi connectivity index (χ3n) is 2.83. The number of hydrogen-bond donors (Lipinski definition) is 1. The van der Waals surface area contributed by atoms with Gasteiger partial charge < -0.3 is 15.0 Å². The molecule has 1 aliphatic heterocycles. The molecule has 0 unspecified atom stereocenters. The number of carbonyl (C=O) groups is 1. The molecule has 0 saturated heterocycles. The van der Waals surface area contributed by atoms with Gasteiger partial charge in [-0.2, -0.15) is 0 Å². The van der Waals surface area contributed by atoms with E-state index >= 15 is 0 Å². The number of para-hydroxylation sites is 1. The van der Waals surface area contributed by atoms with E-state index in [4.69, 9.17) is 4.74 Å². The zero-order valence-corrected chi connectivity index (χ0v) is 11.2. The van der Waals surface area contributed by atoms with Crippen LogP contribution in [0.5, 0.6) is 5.75 Å². The van der Waals surface area contributed by atoms with E-state index in [1.165, 1.54) is 0 Å². The molecule has 0 bridgehead atoms. The molecule has 0 atom stereocenters. The van der Waals surface area contributed by atoms with Crippen molar-refractivity contribution >= 4 is 17.3 Å². The second kappa shape index (κ2) is 5.29. The molecular weight excluding hydrogens is 228 g/mol. The van der Waals surface area contributed by atoms with Crippen molar-refractivity contribution in [2.75, 3.05) is 29.9 Å². The Balaban J connectivity index is 2.36. The smallest absolute Gasteiger partial charge is 0.244 e. The first kappa shape index (κ1) is 12.7. The van der Waals surface area contributed by atoms with Gasteiger partial charge in [0.25, 0.3) is 0 Å². The summed E-state index contributed by atoms with van der Waals surface area (Å²) in [6, 6.07) is 5.88. The maximum Gasteiger partial charge on any atom is 0.244 e. The van der Waals surface area contributed by atoms with E-state index in [2.05, 4.69) is 24.1 Å². The molecule has 98 valence electrons. The van der Waals surface area contributed by atoms with Crippen LogP contribution in [0, 0.1) is 5.92 Å². The molecule has 4 nitrogen and oxygen atoms in total. The van der Waals surface area contributed by atoms with Crippen LogP contribution in [-0.2, 0) is 4.79 Å². The molecule has 1 aromatic carbocycles. The minimum absolute atomic E-state index is 0.0234. The first-order valence-electron chi connectivity index (χ1n) is 6.42. The minimum Gasteiger partial charge on any atom is -0.492 e. The molecule has 2 rings (SSSR count). The minimum atomic E-state index is 0.0234. The van der Waals surface area contributed by atoms with Gasteiger partial charge in [-0.3, -0.25) is 4.79 Å². The number of hydrogen-bond acceptors (Lipinski definition) is 3. The summed E-state index contributed by atoms with van der Waals surface area (Å²) in [5.41, 5.74) is 1.85. The lowest BCUT2D eigenvalue weighted by molar-refractivity contribution is -0.115. The van der Waals surface area contributed by atoms with Crippen molar-refractivity contribution in [1.29, 1.82) is 0 Å². The fraction of sp³-hybridized carbons (Fsp3) is 0.500. The summed E-state index contributed by atoms with van der Waals surface area (Å²) in [7, 11) is 0. The van der Waals surface area contributed by atoms with Crippen LogP contribution < -0.4 is 15.0 Å². The normalized spacial score (nSPS) is 14.4. The Bertz CT molecular complexity index is 443. The fourth-order valence-electron chi connectivity index (χ4n) is 2.23. The zero-order valence-electron chi connectivity index (χ0n) is 11.2. The van der Waals surface area contributed by atoms with E-state index in [-0.39, 0.29) is 5.91 Å². The number of amides is 1. The third-order valence-corrected chi connectivity index (χ3v) is 2.83. The van der Waals surface area contributed by atoms with Gasteiger partial charge in [0.05, 0.1) is 18.8 Å². The molecule has 0 radical (unpaired) electrons. The summed E-state index contributed by atoms with van der Waals surface area (Å²) in [6.45, 7) is 8.13. The number of anilines is 2. The van der Waals surface area contributed by atoms with Gasteiger partial charge in [-0.15, -0.1) is 0 Å². The Morgan fingerprint density at radius 1 is 1.44 bits per heavy atom. The maximum absolute atomic E-state index is 11.8. The monoisotopic (exact) mass is 248 g/mol. The van der Waals surface area contributed by atoms with Crippen LogP contribution in [0.4, 0.5) is 11.4 Å². The predicted octanol–water partition coefficient (Wildman–Crippen LogP) is 2.50. The highest BCUT2D eigenvalue weighted by molar-refractivity contribution is 6.03. The van der Waals surface area contributed by atoms with Crippen LogP contribution in [0.3, 0.4) is 0 Å². The molecule has 0 fully saturated rings. The molecule has 1 amide bonds. The molecule has 18 heavy (non-hydrogen) atoms. The van der Waals surface area contributed by atoms with E-state index in [1.54, 1.807) is 0 Å². The van der Waals surface area contributed by atoms with Crippen molar-refractivity contribution in [3.63, 3.8) is 0 Å². The third kappa shape index (κ3) is 2.58. The van der Waals surface area contributed by atoms with Crippen LogP contribution in [0.2, 0.25) is 0 Å². The molecule has 0 aromatic heterocycles. The quantitative estimate of drug-likeness (QED) is 0.890. The van der Waals surface area contributed by atoms with Crippen LogP contribution in [0.15, 0.2) is 18.2 Å². The van der Waals surface area contributed by atoms with Crippen LogP contribution in [0.25, 0.3) is 0 Å². The van der Waals surface area contributed by atoms with Crippen molar-refractivity contribution in [3.05, 3.63) is 18.2 Å². The summed E-state index contributed by atoms with van der Waals surface area (Å²) in [6.07, 6.45) is 0. The average Bonchev–Trinajstić information content (AvgIpc) is 2.29. The molecule has 4 heteroatoms. The number of rotatable bonds is 4.